The molecule has 0 atom stereocenters. The lowest BCUT2D eigenvalue weighted by molar-refractivity contribution is -0.113. The Labute approximate surface area is 200 Å². The Hall–Kier alpha value is -3.90. The molecule has 34 heavy (non-hydrogen) atoms. The molecule has 8 nitrogen and oxygen atoms in total. The van der Waals surface area contributed by atoms with E-state index in [0.717, 1.165) is 37.9 Å². The van der Waals surface area contributed by atoms with E-state index in [2.05, 4.69) is 21.1 Å². The number of hydrogen-bond acceptors (Lipinski definition) is 6. The first-order valence-corrected chi connectivity index (χ1v) is 12.1. The molecule has 0 saturated heterocycles. The van der Waals surface area contributed by atoms with Crippen LogP contribution < -0.4 is 10.9 Å². The van der Waals surface area contributed by atoms with Gasteiger partial charge in [0.15, 0.2) is 11.0 Å². The molecule has 0 spiro atoms. The second kappa shape index (κ2) is 9.53. The van der Waals surface area contributed by atoms with Gasteiger partial charge in [-0.25, -0.2) is 4.98 Å². The number of aromatic nitrogens is 4. The van der Waals surface area contributed by atoms with E-state index in [1.807, 2.05) is 30.3 Å². The fraction of sp³-hybridized carbons (Fsp3) is 0.240. The zero-order valence-electron chi connectivity index (χ0n) is 18.4. The number of hydrogen-bond donors (Lipinski definition) is 1. The van der Waals surface area contributed by atoms with Gasteiger partial charge < -0.3 is 9.88 Å². The maximum absolute atomic E-state index is 13.3. The number of fused-ring (bicyclic) bond motifs is 3. The van der Waals surface area contributed by atoms with E-state index in [0.29, 0.717) is 33.5 Å². The van der Waals surface area contributed by atoms with Crippen molar-refractivity contribution in [3.05, 3.63) is 76.2 Å². The van der Waals surface area contributed by atoms with Crippen molar-refractivity contribution in [3.63, 3.8) is 0 Å². The van der Waals surface area contributed by atoms with Gasteiger partial charge in [-0.15, -0.1) is 5.10 Å². The second-order valence-electron chi connectivity index (χ2n) is 8.05. The largest absolute Gasteiger partial charge is 0.324 e. The van der Waals surface area contributed by atoms with Crippen molar-refractivity contribution in [2.24, 2.45) is 0 Å². The number of nitrogens with one attached hydrogen (secondary N) is 1. The maximum atomic E-state index is 13.3. The number of benzene rings is 2. The molecule has 5 rings (SSSR count). The monoisotopic (exact) mass is 470 g/mol. The molecular weight excluding hydrogens is 448 g/mol. The van der Waals surface area contributed by atoms with E-state index in [9.17, 15) is 14.9 Å². The number of rotatable bonds is 5. The van der Waals surface area contributed by atoms with Crippen LogP contribution in [-0.4, -0.2) is 31.0 Å². The Morgan fingerprint density at radius 2 is 1.88 bits per heavy atom. The lowest BCUT2D eigenvalue weighted by atomic mass is 10.1. The van der Waals surface area contributed by atoms with Gasteiger partial charge in [-0.05, 0) is 43.5 Å². The molecule has 9 heteroatoms. The van der Waals surface area contributed by atoms with Gasteiger partial charge in [-0.2, -0.15) is 9.94 Å². The van der Waals surface area contributed by atoms with Gasteiger partial charge in [0.25, 0.3) is 5.56 Å². The lowest BCUT2D eigenvalue weighted by Gasteiger charge is -2.17. The third kappa shape index (κ3) is 4.20. The van der Waals surface area contributed by atoms with Crippen LogP contribution in [0.2, 0.25) is 0 Å². The molecule has 3 aliphatic rings. The van der Waals surface area contributed by atoms with Gasteiger partial charge >= 0.3 is 0 Å². The second-order valence-corrected chi connectivity index (χ2v) is 8.99. The molecule has 2 aromatic rings. The number of carbonyl (C=O) groups excluding carboxylic acids is 1. The summed E-state index contributed by atoms with van der Waals surface area (Å²) < 4.78 is 3.48. The Kier molecular flexibility index (Phi) is 6.14. The summed E-state index contributed by atoms with van der Waals surface area (Å²) in [6.07, 6.45) is 3.82. The number of carbonyl (C=O) groups is 1. The molecule has 3 aliphatic heterocycles. The number of anilines is 1. The van der Waals surface area contributed by atoms with E-state index < -0.39 is 0 Å². The van der Waals surface area contributed by atoms with E-state index in [4.69, 9.17) is 4.98 Å². The van der Waals surface area contributed by atoms with Crippen LogP contribution in [-0.2, 0) is 17.8 Å². The topological polar surface area (TPSA) is 106 Å². The van der Waals surface area contributed by atoms with Crippen molar-refractivity contribution in [1.82, 2.24) is 19.3 Å². The molecule has 1 N–H and O–H groups in total. The Balaban J connectivity index is 1.48. The van der Waals surface area contributed by atoms with Crippen molar-refractivity contribution < 1.29 is 4.79 Å². The zero-order valence-corrected chi connectivity index (χ0v) is 19.2. The first-order chi connectivity index (χ1) is 16.7. The van der Waals surface area contributed by atoms with Crippen molar-refractivity contribution in [2.75, 3.05) is 11.1 Å². The van der Waals surface area contributed by atoms with Gasteiger partial charge in [0.1, 0.15) is 11.6 Å². The molecule has 0 fully saturated rings. The average Bonchev–Trinajstić information content (AvgIpc) is 3.03. The highest BCUT2D eigenvalue weighted by Gasteiger charge is 2.27. The quantitative estimate of drug-likeness (QED) is 0.351. The molecule has 0 unspecified atom stereocenters. The Morgan fingerprint density at radius 3 is 2.71 bits per heavy atom. The highest BCUT2D eigenvalue weighted by atomic mass is 32.2. The first-order valence-electron chi connectivity index (χ1n) is 11.2. The Morgan fingerprint density at radius 1 is 1.09 bits per heavy atom. The smallest absolute Gasteiger partial charge is 0.284 e. The molecule has 1 amide bonds. The maximum Gasteiger partial charge on any atom is 0.284 e. The standard InChI is InChI=1S/C25H22N6O2S/c26-15-17-9-6-7-12-19(17)27-21(32)16-34-25-28-23-22(20-13-5-2-8-14-30(20)25)24(33)31(29-23)18-10-3-1-4-11-18/h1,3-4,6-7,9-12H,2,5,8,13-14,16H2,(H,27,32). The van der Waals surface area contributed by atoms with Crippen molar-refractivity contribution >= 4 is 23.4 Å². The van der Waals surface area contributed by atoms with E-state index in [-0.39, 0.29) is 17.2 Å². The van der Waals surface area contributed by atoms with E-state index >= 15 is 0 Å². The number of para-hydroxylation sites is 2. The van der Waals surface area contributed by atoms with Crippen LogP contribution in [0, 0.1) is 11.3 Å². The number of amides is 1. The predicted octanol–water partition coefficient (Wildman–Crippen LogP) is 3.86. The average molecular weight is 471 g/mol. The third-order valence-corrected chi connectivity index (χ3v) is 6.80. The van der Waals surface area contributed by atoms with Gasteiger partial charge in [0, 0.05) is 12.2 Å². The molecule has 170 valence electrons. The molecule has 0 radical (unpaired) electrons. The van der Waals surface area contributed by atoms with Crippen molar-refractivity contribution in [2.45, 2.75) is 37.4 Å². The number of nitrogens with zero attached hydrogens (tertiary/aromatic N) is 5. The number of thioether (sulfide) groups is 1. The predicted molar refractivity (Wildman–Crippen MR) is 130 cm³/mol. The van der Waals surface area contributed by atoms with E-state index in [1.54, 1.807) is 24.3 Å². The summed E-state index contributed by atoms with van der Waals surface area (Å²) in [6.45, 7) is 0.745. The fourth-order valence-electron chi connectivity index (χ4n) is 4.21. The molecule has 3 heterocycles. The van der Waals surface area contributed by atoms with Crippen molar-refractivity contribution in [1.29, 1.82) is 5.26 Å². The molecular formula is C25H22N6O2S. The van der Waals surface area contributed by atoms with Gasteiger partial charge in [-0.3, -0.25) is 9.59 Å². The highest BCUT2D eigenvalue weighted by molar-refractivity contribution is 7.99. The fourth-order valence-corrected chi connectivity index (χ4v) is 5.05. The summed E-state index contributed by atoms with van der Waals surface area (Å²) in [4.78, 5) is 30.7. The van der Waals surface area contributed by atoms with Crippen LogP contribution in [0.25, 0.3) is 17.1 Å². The van der Waals surface area contributed by atoms with Gasteiger partial charge in [0.05, 0.1) is 22.7 Å². The highest BCUT2D eigenvalue weighted by Crippen LogP contribution is 2.30. The normalized spacial score (nSPS) is 13.1. The van der Waals surface area contributed by atoms with Crippen LogP contribution in [0.3, 0.4) is 0 Å². The van der Waals surface area contributed by atoms with Crippen LogP contribution in [0.15, 0.2) is 64.5 Å². The minimum atomic E-state index is -0.225. The van der Waals surface area contributed by atoms with Gasteiger partial charge in [0.2, 0.25) is 5.91 Å². The van der Waals surface area contributed by atoms with Gasteiger partial charge in [-0.1, -0.05) is 48.5 Å². The van der Waals surface area contributed by atoms with E-state index in [1.165, 1.54) is 16.4 Å². The van der Waals surface area contributed by atoms with Crippen molar-refractivity contribution in [3.8, 4) is 23.1 Å². The molecule has 0 saturated carbocycles. The van der Waals surface area contributed by atoms with Crippen LogP contribution >= 0.6 is 11.8 Å². The summed E-state index contributed by atoms with van der Waals surface area (Å²) in [5.41, 5.74) is 2.93. The Bertz CT molecular complexity index is 1420. The summed E-state index contributed by atoms with van der Waals surface area (Å²) in [6, 6.07) is 18.3. The summed E-state index contributed by atoms with van der Waals surface area (Å²) in [5, 5.41) is 17.3. The molecule has 0 bridgehead atoms. The third-order valence-electron chi connectivity index (χ3n) is 5.82. The molecule has 0 aliphatic carbocycles. The summed E-state index contributed by atoms with van der Waals surface area (Å²) in [7, 11) is 0. The molecule has 0 aromatic heterocycles. The summed E-state index contributed by atoms with van der Waals surface area (Å²) in [5.74, 6) is 0.304. The lowest BCUT2D eigenvalue weighted by Crippen LogP contribution is -2.20. The minimum Gasteiger partial charge on any atom is -0.324 e. The van der Waals surface area contributed by atoms with Crippen LogP contribution in [0.5, 0.6) is 0 Å². The van der Waals surface area contributed by atoms with Crippen LogP contribution in [0.4, 0.5) is 5.69 Å². The first kappa shape index (κ1) is 21.9. The summed E-state index contributed by atoms with van der Waals surface area (Å²) >= 11 is 1.32. The number of nitriles is 1. The SMILES string of the molecule is N#Cc1ccccc1NC(=O)CSc1nc2nn(-c3ccccc3)c(=O)c-2c2n1CCCCC2. The molecule has 2 aromatic carbocycles. The van der Waals surface area contributed by atoms with Crippen LogP contribution in [0.1, 0.15) is 30.5 Å². The minimum absolute atomic E-state index is 0.126. The zero-order chi connectivity index (χ0) is 23.5.